The van der Waals surface area contributed by atoms with Crippen molar-refractivity contribution in [3.8, 4) is 0 Å². The van der Waals surface area contributed by atoms with Crippen LogP contribution < -0.4 is 0 Å². The lowest BCUT2D eigenvalue weighted by Gasteiger charge is -1.98. The van der Waals surface area contributed by atoms with Gasteiger partial charge in [-0.2, -0.15) is 0 Å². The molecule has 0 aliphatic carbocycles. The predicted octanol–water partition coefficient (Wildman–Crippen LogP) is 2.93. The average molecular weight is 333 g/mol. The number of halogens is 2. The number of carboxylic acid groups (broad SMARTS) is 1. The molecular weight excluding hydrogens is 324 g/mol. The Morgan fingerprint density at radius 2 is 2.25 bits per heavy atom. The van der Waals surface area contributed by atoms with E-state index in [0.29, 0.717) is 15.5 Å². The molecule has 16 heavy (non-hydrogen) atoms. The van der Waals surface area contributed by atoms with Crippen molar-refractivity contribution in [1.82, 2.24) is 4.98 Å². The van der Waals surface area contributed by atoms with Crippen molar-refractivity contribution in [1.29, 1.82) is 0 Å². The molecular formula is C11H9FINO2. The summed E-state index contributed by atoms with van der Waals surface area (Å²) < 4.78 is 13.8. The Kier molecular flexibility index (Phi) is 3.13. The lowest BCUT2D eigenvalue weighted by molar-refractivity contribution is -0.136. The van der Waals surface area contributed by atoms with E-state index in [1.807, 2.05) is 22.6 Å². The largest absolute Gasteiger partial charge is 0.481 e. The van der Waals surface area contributed by atoms with Crippen molar-refractivity contribution >= 4 is 39.5 Å². The van der Waals surface area contributed by atoms with Crippen molar-refractivity contribution in [2.75, 3.05) is 0 Å². The molecule has 2 N–H and O–H groups in total. The molecule has 0 saturated carbocycles. The number of aromatic amines is 1. The summed E-state index contributed by atoms with van der Waals surface area (Å²) in [6.07, 6.45) is 2.28. The number of rotatable bonds is 3. The van der Waals surface area contributed by atoms with Gasteiger partial charge < -0.3 is 10.1 Å². The molecule has 0 aliphatic heterocycles. The number of hydrogen-bond acceptors (Lipinski definition) is 1. The second-order valence-electron chi connectivity index (χ2n) is 3.52. The van der Waals surface area contributed by atoms with E-state index < -0.39 is 5.97 Å². The number of fused-ring (bicyclic) bond motifs is 1. The third-order valence-electron chi connectivity index (χ3n) is 2.42. The van der Waals surface area contributed by atoms with Gasteiger partial charge in [0.2, 0.25) is 0 Å². The van der Waals surface area contributed by atoms with Crippen LogP contribution in [0.25, 0.3) is 10.9 Å². The van der Waals surface area contributed by atoms with Crippen molar-refractivity contribution in [3.05, 3.63) is 33.3 Å². The molecule has 0 spiro atoms. The third-order valence-corrected chi connectivity index (χ3v) is 3.24. The number of aromatic nitrogens is 1. The van der Waals surface area contributed by atoms with Crippen LogP contribution >= 0.6 is 22.6 Å². The number of carbonyl (C=O) groups is 1. The molecule has 1 aromatic carbocycles. The molecule has 2 aromatic rings. The molecule has 3 nitrogen and oxygen atoms in total. The zero-order valence-electron chi connectivity index (χ0n) is 8.26. The van der Waals surface area contributed by atoms with Gasteiger partial charge >= 0.3 is 5.97 Å². The maximum Gasteiger partial charge on any atom is 0.303 e. The van der Waals surface area contributed by atoms with Crippen LogP contribution in [0.4, 0.5) is 4.39 Å². The molecule has 0 saturated heterocycles. The van der Waals surface area contributed by atoms with Crippen LogP contribution in [0.2, 0.25) is 0 Å². The first-order valence-electron chi connectivity index (χ1n) is 4.74. The zero-order chi connectivity index (χ0) is 11.7. The fourth-order valence-electron chi connectivity index (χ4n) is 1.62. The van der Waals surface area contributed by atoms with E-state index in [2.05, 4.69) is 4.98 Å². The summed E-state index contributed by atoms with van der Waals surface area (Å²) in [6, 6.07) is 3.17. The monoisotopic (exact) mass is 333 g/mol. The number of nitrogens with one attached hydrogen (secondary N) is 1. The normalized spacial score (nSPS) is 10.9. The van der Waals surface area contributed by atoms with Crippen LogP contribution in [0.15, 0.2) is 18.3 Å². The van der Waals surface area contributed by atoms with Gasteiger partial charge in [-0.25, -0.2) is 4.39 Å². The van der Waals surface area contributed by atoms with Crippen LogP contribution in [-0.2, 0) is 11.2 Å². The number of aryl methyl sites for hydroxylation is 1. The number of aliphatic carboxylic acids is 1. The van der Waals surface area contributed by atoms with E-state index in [1.165, 1.54) is 6.07 Å². The van der Waals surface area contributed by atoms with E-state index in [4.69, 9.17) is 5.11 Å². The first kappa shape index (κ1) is 11.4. The maximum absolute atomic E-state index is 13.3. The van der Waals surface area contributed by atoms with E-state index in [0.717, 1.165) is 10.9 Å². The van der Waals surface area contributed by atoms with Crippen molar-refractivity contribution in [3.63, 3.8) is 0 Å². The molecule has 0 atom stereocenters. The van der Waals surface area contributed by atoms with Crippen LogP contribution in [-0.4, -0.2) is 16.1 Å². The molecule has 84 valence electrons. The van der Waals surface area contributed by atoms with E-state index in [1.54, 1.807) is 12.3 Å². The Balaban J connectivity index is 2.40. The summed E-state index contributed by atoms with van der Waals surface area (Å²) in [5.41, 5.74) is 1.62. The molecule has 0 fully saturated rings. The second-order valence-corrected chi connectivity index (χ2v) is 4.68. The number of hydrogen-bond donors (Lipinski definition) is 2. The summed E-state index contributed by atoms with van der Waals surface area (Å²) in [5.74, 6) is -1.09. The van der Waals surface area contributed by atoms with Crippen LogP contribution in [0.3, 0.4) is 0 Å². The van der Waals surface area contributed by atoms with Gasteiger partial charge in [0.05, 0.1) is 0 Å². The quantitative estimate of drug-likeness (QED) is 0.849. The Morgan fingerprint density at radius 1 is 1.50 bits per heavy atom. The molecule has 1 heterocycles. The van der Waals surface area contributed by atoms with Gasteiger partial charge in [0.1, 0.15) is 5.82 Å². The highest BCUT2D eigenvalue weighted by atomic mass is 127. The molecule has 2 rings (SSSR count). The van der Waals surface area contributed by atoms with E-state index >= 15 is 0 Å². The molecule has 0 aliphatic rings. The van der Waals surface area contributed by atoms with Gasteiger partial charge in [-0.3, -0.25) is 4.79 Å². The van der Waals surface area contributed by atoms with E-state index in [9.17, 15) is 9.18 Å². The van der Waals surface area contributed by atoms with Crippen LogP contribution in [0.5, 0.6) is 0 Å². The highest BCUT2D eigenvalue weighted by Crippen LogP contribution is 2.24. The fourth-order valence-corrected chi connectivity index (χ4v) is 2.09. The smallest absolute Gasteiger partial charge is 0.303 e. The van der Waals surface area contributed by atoms with Gasteiger partial charge in [0.15, 0.2) is 0 Å². The van der Waals surface area contributed by atoms with Gasteiger partial charge in [-0.1, -0.05) is 0 Å². The molecule has 0 radical (unpaired) electrons. The summed E-state index contributed by atoms with van der Waals surface area (Å²) in [6.45, 7) is 0. The third kappa shape index (κ3) is 2.18. The molecule has 0 bridgehead atoms. The van der Waals surface area contributed by atoms with Gasteiger partial charge in [-0.15, -0.1) is 0 Å². The second kappa shape index (κ2) is 4.40. The maximum atomic E-state index is 13.3. The summed E-state index contributed by atoms with van der Waals surface area (Å²) in [5, 5.41) is 9.51. The Labute approximate surface area is 105 Å². The molecule has 1 aromatic heterocycles. The lowest BCUT2D eigenvalue weighted by atomic mass is 10.1. The first-order valence-corrected chi connectivity index (χ1v) is 5.82. The fraction of sp³-hybridized carbons (Fsp3) is 0.182. The SMILES string of the molecule is O=C(O)CCc1c[nH]c2cc(F)c(I)cc12. The summed E-state index contributed by atoms with van der Waals surface area (Å²) in [4.78, 5) is 13.4. The van der Waals surface area contributed by atoms with Crippen LogP contribution in [0, 0.1) is 9.39 Å². The standard InChI is InChI=1S/C11H9FINO2/c12-8-4-10-7(3-9(8)13)6(5-14-10)1-2-11(15)16/h3-5,14H,1-2H2,(H,15,16). The Hall–Kier alpha value is -1.11. The topological polar surface area (TPSA) is 53.1 Å². The highest BCUT2D eigenvalue weighted by molar-refractivity contribution is 14.1. The van der Waals surface area contributed by atoms with Crippen LogP contribution in [0.1, 0.15) is 12.0 Å². The van der Waals surface area contributed by atoms with E-state index in [-0.39, 0.29) is 12.2 Å². The minimum absolute atomic E-state index is 0.0842. The molecule has 0 unspecified atom stereocenters. The van der Waals surface area contributed by atoms with Gasteiger partial charge in [0, 0.05) is 27.1 Å². The summed E-state index contributed by atoms with van der Waals surface area (Å²) in [7, 11) is 0. The zero-order valence-corrected chi connectivity index (χ0v) is 10.4. The molecule has 5 heteroatoms. The number of carboxylic acids is 1. The lowest BCUT2D eigenvalue weighted by Crippen LogP contribution is -1.96. The van der Waals surface area contributed by atoms with Gasteiger partial charge in [0.25, 0.3) is 0 Å². The Morgan fingerprint density at radius 3 is 2.94 bits per heavy atom. The summed E-state index contributed by atoms with van der Waals surface area (Å²) >= 11 is 1.92. The molecule has 0 amide bonds. The van der Waals surface area contributed by atoms with Gasteiger partial charge in [-0.05, 0) is 46.7 Å². The minimum atomic E-state index is -0.828. The Bertz CT molecular complexity index is 550. The highest BCUT2D eigenvalue weighted by Gasteiger charge is 2.09. The van der Waals surface area contributed by atoms with Crippen molar-refractivity contribution in [2.45, 2.75) is 12.8 Å². The number of H-pyrrole nitrogens is 1. The van der Waals surface area contributed by atoms with Crippen molar-refractivity contribution in [2.24, 2.45) is 0 Å². The minimum Gasteiger partial charge on any atom is -0.481 e. The number of benzene rings is 1. The van der Waals surface area contributed by atoms with Crippen molar-refractivity contribution < 1.29 is 14.3 Å². The average Bonchev–Trinajstić information content (AvgIpc) is 2.58. The first-order chi connectivity index (χ1) is 7.58. The predicted molar refractivity (Wildman–Crippen MR) is 66.9 cm³/mol.